The Morgan fingerprint density at radius 1 is 1.14 bits per heavy atom. The first kappa shape index (κ1) is 24.2. The molecule has 4 aromatic rings. The first-order valence-electron chi connectivity index (χ1n) is 11.0. The molecular formula is C24H25ClN6O4. The largest absolute Gasteiger partial charge is 0.385 e. The van der Waals surface area contributed by atoms with Gasteiger partial charge in [-0.25, -0.2) is 9.78 Å². The van der Waals surface area contributed by atoms with Crippen LogP contribution in [0.25, 0.3) is 5.65 Å². The van der Waals surface area contributed by atoms with Crippen LogP contribution in [-0.2, 0) is 17.8 Å². The van der Waals surface area contributed by atoms with Gasteiger partial charge in [-0.15, -0.1) is 0 Å². The highest BCUT2D eigenvalue weighted by molar-refractivity contribution is 6.30. The molecule has 35 heavy (non-hydrogen) atoms. The fourth-order valence-electron chi connectivity index (χ4n) is 3.88. The van der Waals surface area contributed by atoms with E-state index in [1.54, 1.807) is 24.1 Å². The fraction of sp³-hybridized carbons (Fsp3) is 0.250. The number of anilines is 2. The van der Waals surface area contributed by atoms with Crippen molar-refractivity contribution in [2.45, 2.75) is 19.5 Å². The van der Waals surface area contributed by atoms with Crippen molar-refractivity contribution >= 4 is 28.8 Å². The van der Waals surface area contributed by atoms with Gasteiger partial charge in [-0.1, -0.05) is 41.9 Å². The number of nitrogens with one attached hydrogen (secondary N) is 1. The first-order valence-corrected chi connectivity index (χ1v) is 11.3. The second-order valence-electron chi connectivity index (χ2n) is 7.99. The van der Waals surface area contributed by atoms with Crippen molar-refractivity contribution < 1.29 is 4.74 Å². The zero-order chi connectivity index (χ0) is 24.9. The molecule has 0 bridgehead atoms. The van der Waals surface area contributed by atoms with Crippen molar-refractivity contribution in [1.82, 2.24) is 18.9 Å². The van der Waals surface area contributed by atoms with Crippen LogP contribution in [0.3, 0.4) is 0 Å². The number of hydrogen-bond donors (Lipinski definition) is 2. The van der Waals surface area contributed by atoms with Crippen molar-refractivity contribution in [3.63, 3.8) is 0 Å². The molecule has 0 aliphatic heterocycles. The third kappa shape index (κ3) is 5.44. The Hall–Kier alpha value is -3.89. The molecule has 0 atom stereocenters. The minimum Gasteiger partial charge on any atom is -0.385 e. The van der Waals surface area contributed by atoms with E-state index in [9.17, 15) is 14.4 Å². The van der Waals surface area contributed by atoms with Gasteiger partial charge in [-0.05, 0) is 24.1 Å². The van der Waals surface area contributed by atoms with Crippen LogP contribution in [-0.4, -0.2) is 39.2 Å². The molecule has 0 fully saturated rings. The second-order valence-corrected chi connectivity index (χ2v) is 8.43. The number of aromatic amines is 1. The van der Waals surface area contributed by atoms with Gasteiger partial charge < -0.3 is 15.4 Å². The van der Waals surface area contributed by atoms with E-state index in [0.717, 1.165) is 5.56 Å². The summed E-state index contributed by atoms with van der Waals surface area (Å²) < 4.78 is 7.84. The molecule has 0 amide bonds. The van der Waals surface area contributed by atoms with Gasteiger partial charge in [0.15, 0.2) is 0 Å². The van der Waals surface area contributed by atoms with Crippen LogP contribution in [0.2, 0.25) is 5.02 Å². The van der Waals surface area contributed by atoms with E-state index in [1.807, 2.05) is 30.3 Å². The minimum atomic E-state index is -0.612. The van der Waals surface area contributed by atoms with E-state index in [2.05, 4.69) is 9.97 Å². The van der Waals surface area contributed by atoms with Crippen molar-refractivity contribution in [3.05, 3.63) is 102 Å². The van der Waals surface area contributed by atoms with E-state index in [-0.39, 0.29) is 30.2 Å². The molecule has 3 aromatic heterocycles. The predicted octanol–water partition coefficient (Wildman–Crippen LogP) is 1.87. The maximum absolute atomic E-state index is 12.9. The Kier molecular flexibility index (Phi) is 7.33. The molecule has 0 unspecified atom stereocenters. The molecule has 3 N–H and O–H groups in total. The summed E-state index contributed by atoms with van der Waals surface area (Å²) in [6.45, 7) is 1.14. The summed E-state index contributed by atoms with van der Waals surface area (Å²) in [5.74, 6) is 0.0318. The number of halogens is 1. The molecule has 0 aliphatic rings. The number of aromatic nitrogens is 4. The van der Waals surface area contributed by atoms with Gasteiger partial charge in [0.25, 0.3) is 11.1 Å². The quantitative estimate of drug-likeness (QED) is 0.338. The molecule has 10 nitrogen and oxygen atoms in total. The summed E-state index contributed by atoms with van der Waals surface area (Å²) in [7, 11) is 1.59. The lowest BCUT2D eigenvalue weighted by molar-refractivity contribution is 0.196. The number of H-pyrrole nitrogens is 1. The highest BCUT2D eigenvalue weighted by Crippen LogP contribution is 2.20. The number of methoxy groups -OCH3 is 1. The number of nitrogens with zero attached hydrogens (tertiary/aromatic N) is 4. The van der Waals surface area contributed by atoms with Gasteiger partial charge in [0.2, 0.25) is 0 Å². The number of benzene rings is 1. The van der Waals surface area contributed by atoms with Crippen LogP contribution in [0.4, 0.5) is 11.5 Å². The van der Waals surface area contributed by atoms with Crippen LogP contribution < -0.4 is 27.4 Å². The molecule has 182 valence electrons. The van der Waals surface area contributed by atoms with Crippen molar-refractivity contribution in [1.29, 1.82) is 0 Å². The molecule has 4 rings (SSSR count). The average Bonchev–Trinajstić information content (AvgIpc) is 2.83. The van der Waals surface area contributed by atoms with Gasteiger partial charge in [0.05, 0.1) is 23.8 Å². The number of nitrogen functional groups attached to an aromatic ring is 1. The van der Waals surface area contributed by atoms with E-state index < -0.39 is 11.2 Å². The van der Waals surface area contributed by atoms with Crippen LogP contribution in [0.5, 0.6) is 0 Å². The summed E-state index contributed by atoms with van der Waals surface area (Å²) in [5.41, 5.74) is 6.73. The molecular weight excluding hydrogens is 472 g/mol. The van der Waals surface area contributed by atoms with E-state index in [4.69, 9.17) is 22.1 Å². The average molecular weight is 497 g/mol. The normalized spacial score (nSPS) is 11.1. The number of fused-ring (bicyclic) bond motifs is 1. The number of hydrogen-bond acceptors (Lipinski definition) is 7. The molecule has 11 heteroatoms. The zero-order valence-electron chi connectivity index (χ0n) is 19.1. The van der Waals surface area contributed by atoms with Crippen molar-refractivity contribution in [3.8, 4) is 0 Å². The lowest BCUT2D eigenvalue weighted by atomic mass is 10.2. The Morgan fingerprint density at radius 3 is 2.66 bits per heavy atom. The van der Waals surface area contributed by atoms with Gasteiger partial charge in [0, 0.05) is 32.5 Å². The number of ether oxygens (including phenoxy) is 1. The Morgan fingerprint density at radius 2 is 1.91 bits per heavy atom. The monoisotopic (exact) mass is 496 g/mol. The third-order valence-corrected chi connectivity index (χ3v) is 5.74. The van der Waals surface area contributed by atoms with Crippen molar-refractivity contribution in [2.24, 2.45) is 0 Å². The zero-order valence-corrected chi connectivity index (χ0v) is 19.9. The molecule has 3 heterocycles. The second kappa shape index (κ2) is 10.6. The summed E-state index contributed by atoms with van der Waals surface area (Å²) in [6, 6.07) is 14.0. The summed E-state index contributed by atoms with van der Waals surface area (Å²) in [4.78, 5) is 46.8. The Bertz CT molecular complexity index is 1510. The Balaban J connectivity index is 1.76. The minimum absolute atomic E-state index is 0.0318. The summed E-state index contributed by atoms with van der Waals surface area (Å²) in [5, 5.41) is 0.412. The molecule has 0 spiro atoms. The topological polar surface area (TPSA) is 128 Å². The SMILES string of the molecule is COCCCN(Cc1cc(=O)n2cc(Cl)ccc2n1)c1c(N)n(Cc2ccccc2)c(=O)[nH]c1=O. The highest BCUT2D eigenvalue weighted by Gasteiger charge is 2.20. The third-order valence-electron chi connectivity index (χ3n) is 5.52. The Labute approximate surface area is 205 Å². The van der Waals surface area contributed by atoms with Crippen LogP contribution in [0, 0.1) is 0 Å². The lowest BCUT2D eigenvalue weighted by Gasteiger charge is -2.26. The van der Waals surface area contributed by atoms with Gasteiger partial charge in [-0.2, -0.15) is 0 Å². The van der Waals surface area contributed by atoms with Crippen LogP contribution >= 0.6 is 11.6 Å². The smallest absolute Gasteiger partial charge is 0.330 e. The van der Waals surface area contributed by atoms with E-state index in [1.165, 1.54) is 21.2 Å². The summed E-state index contributed by atoms with van der Waals surface area (Å²) in [6.07, 6.45) is 2.07. The highest BCUT2D eigenvalue weighted by atomic mass is 35.5. The van der Waals surface area contributed by atoms with Crippen molar-refractivity contribution in [2.75, 3.05) is 30.9 Å². The molecule has 1 aromatic carbocycles. The van der Waals surface area contributed by atoms with Gasteiger partial charge >= 0.3 is 5.69 Å². The molecule has 0 radical (unpaired) electrons. The molecule has 0 saturated heterocycles. The lowest BCUT2D eigenvalue weighted by Crippen LogP contribution is -2.39. The summed E-state index contributed by atoms with van der Waals surface area (Å²) >= 11 is 6.00. The molecule has 0 aliphatic carbocycles. The number of rotatable bonds is 9. The maximum Gasteiger partial charge on any atom is 0.330 e. The van der Waals surface area contributed by atoms with Crippen LogP contribution in [0.15, 0.2) is 69.1 Å². The number of pyridine rings is 1. The predicted molar refractivity (Wildman–Crippen MR) is 135 cm³/mol. The standard InChI is InChI=1S/C24H25ClN6O4/c1-35-11-5-10-29(15-18-12-20(32)30-14-17(25)8-9-19(30)27-18)21-22(26)31(24(34)28-23(21)33)13-16-6-3-2-4-7-16/h2-4,6-9,12,14H,5,10-11,13,15,26H2,1H3,(H,28,33,34). The fourth-order valence-corrected chi connectivity index (χ4v) is 4.04. The van der Waals surface area contributed by atoms with Gasteiger partial charge in [-0.3, -0.25) is 23.5 Å². The van der Waals surface area contributed by atoms with Gasteiger partial charge in [0.1, 0.15) is 17.2 Å². The van der Waals surface area contributed by atoms with E-state index in [0.29, 0.717) is 35.9 Å². The first-order chi connectivity index (χ1) is 16.9. The van der Waals surface area contributed by atoms with Crippen LogP contribution in [0.1, 0.15) is 17.7 Å². The maximum atomic E-state index is 12.9. The van der Waals surface area contributed by atoms with E-state index >= 15 is 0 Å². The molecule has 0 saturated carbocycles. The number of nitrogens with two attached hydrogens (primary N) is 1.